The molecule has 0 fully saturated rings. The molecule has 1 aromatic carbocycles. The standard InChI is InChI=1S/C14H19NO5S/c1-4-11(14(17)18)15(3)13(16)10-8-6-7-9-12(10)21(19,20)5-2/h6-9,11H,4-5H2,1-3H3,(H,17,18). The number of nitrogens with zero attached hydrogens (tertiary/aromatic N) is 1. The third kappa shape index (κ3) is 3.60. The van der Waals surface area contributed by atoms with E-state index in [-0.39, 0.29) is 22.6 Å². The smallest absolute Gasteiger partial charge is 0.326 e. The van der Waals surface area contributed by atoms with Gasteiger partial charge in [-0.25, -0.2) is 13.2 Å². The Morgan fingerprint density at radius 1 is 1.24 bits per heavy atom. The van der Waals surface area contributed by atoms with Gasteiger partial charge in [-0.2, -0.15) is 0 Å². The van der Waals surface area contributed by atoms with E-state index >= 15 is 0 Å². The van der Waals surface area contributed by atoms with Crippen LogP contribution in [0.2, 0.25) is 0 Å². The lowest BCUT2D eigenvalue weighted by atomic mass is 10.1. The summed E-state index contributed by atoms with van der Waals surface area (Å²) in [4.78, 5) is 24.6. The molecule has 21 heavy (non-hydrogen) atoms. The summed E-state index contributed by atoms with van der Waals surface area (Å²) in [5.74, 6) is -1.86. The van der Waals surface area contributed by atoms with Gasteiger partial charge in [-0.1, -0.05) is 26.0 Å². The summed E-state index contributed by atoms with van der Waals surface area (Å²) in [7, 11) is -2.19. The molecule has 0 saturated carbocycles. The highest BCUT2D eigenvalue weighted by molar-refractivity contribution is 7.91. The molecular weight excluding hydrogens is 294 g/mol. The number of carbonyl (C=O) groups is 2. The Balaban J connectivity index is 3.29. The second-order valence-electron chi connectivity index (χ2n) is 4.58. The highest BCUT2D eigenvalue weighted by Crippen LogP contribution is 2.19. The number of likely N-dealkylation sites (N-methyl/N-ethyl adjacent to an activating group) is 1. The van der Waals surface area contributed by atoms with E-state index in [1.165, 1.54) is 32.2 Å². The molecule has 0 radical (unpaired) electrons. The van der Waals surface area contributed by atoms with E-state index in [0.29, 0.717) is 0 Å². The van der Waals surface area contributed by atoms with E-state index in [9.17, 15) is 18.0 Å². The normalized spacial score (nSPS) is 12.7. The minimum absolute atomic E-state index is 0.00144. The van der Waals surface area contributed by atoms with Crippen molar-refractivity contribution in [1.82, 2.24) is 4.90 Å². The molecule has 0 saturated heterocycles. The van der Waals surface area contributed by atoms with Crippen LogP contribution in [0, 0.1) is 0 Å². The molecule has 0 aromatic heterocycles. The lowest BCUT2D eigenvalue weighted by Crippen LogP contribution is -2.42. The zero-order valence-corrected chi connectivity index (χ0v) is 13.1. The Labute approximate surface area is 124 Å². The number of amides is 1. The molecular formula is C14H19NO5S. The van der Waals surface area contributed by atoms with Crippen LogP contribution in [0.1, 0.15) is 30.6 Å². The zero-order chi connectivity index (χ0) is 16.2. The first-order valence-corrected chi connectivity index (χ1v) is 8.23. The average Bonchev–Trinajstić information content (AvgIpc) is 2.46. The number of carbonyl (C=O) groups excluding carboxylic acids is 1. The maximum Gasteiger partial charge on any atom is 0.326 e. The van der Waals surface area contributed by atoms with Crippen molar-refractivity contribution < 1.29 is 23.1 Å². The van der Waals surface area contributed by atoms with Crippen molar-refractivity contribution in [2.75, 3.05) is 12.8 Å². The van der Waals surface area contributed by atoms with Crippen molar-refractivity contribution in [1.29, 1.82) is 0 Å². The van der Waals surface area contributed by atoms with E-state index < -0.39 is 27.8 Å². The number of hydrogen-bond acceptors (Lipinski definition) is 4. The van der Waals surface area contributed by atoms with Crippen LogP contribution >= 0.6 is 0 Å². The van der Waals surface area contributed by atoms with Crippen molar-refractivity contribution in [2.24, 2.45) is 0 Å². The fourth-order valence-electron chi connectivity index (χ4n) is 2.02. The first-order chi connectivity index (χ1) is 9.76. The molecule has 1 atom stereocenters. The molecule has 0 aliphatic heterocycles. The molecule has 1 aromatic rings. The summed E-state index contributed by atoms with van der Waals surface area (Å²) in [5, 5.41) is 9.10. The molecule has 116 valence electrons. The Kier molecular flexibility index (Phi) is 5.48. The maximum atomic E-state index is 12.4. The molecule has 1 rings (SSSR count). The summed E-state index contributed by atoms with van der Waals surface area (Å²) in [5.41, 5.74) is 0.00144. The molecule has 0 aliphatic rings. The summed E-state index contributed by atoms with van der Waals surface area (Å²) in [6, 6.07) is 4.86. The summed E-state index contributed by atoms with van der Waals surface area (Å²) >= 11 is 0. The molecule has 1 N–H and O–H groups in total. The van der Waals surface area contributed by atoms with Crippen LogP contribution in [0.4, 0.5) is 0 Å². The lowest BCUT2D eigenvalue weighted by molar-refractivity contribution is -0.142. The largest absolute Gasteiger partial charge is 0.480 e. The fraction of sp³-hybridized carbons (Fsp3) is 0.429. The molecule has 7 heteroatoms. The predicted molar refractivity (Wildman–Crippen MR) is 78.0 cm³/mol. The topological polar surface area (TPSA) is 91.8 Å². The summed E-state index contributed by atoms with van der Waals surface area (Å²) in [6.45, 7) is 3.14. The highest BCUT2D eigenvalue weighted by atomic mass is 32.2. The van der Waals surface area contributed by atoms with Gasteiger partial charge in [0.2, 0.25) is 0 Å². The molecule has 1 amide bonds. The number of aliphatic carboxylic acids is 1. The third-order valence-corrected chi connectivity index (χ3v) is 5.08. The molecule has 0 aliphatic carbocycles. The van der Waals surface area contributed by atoms with Crippen LogP contribution in [0.3, 0.4) is 0 Å². The number of carboxylic acids is 1. The quantitative estimate of drug-likeness (QED) is 0.857. The lowest BCUT2D eigenvalue weighted by Gasteiger charge is -2.24. The van der Waals surface area contributed by atoms with Gasteiger partial charge in [-0.15, -0.1) is 0 Å². The number of hydrogen-bond donors (Lipinski definition) is 1. The van der Waals surface area contributed by atoms with Crippen molar-refractivity contribution in [3.05, 3.63) is 29.8 Å². The van der Waals surface area contributed by atoms with Crippen molar-refractivity contribution in [2.45, 2.75) is 31.2 Å². The Morgan fingerprint density at radius 3 is 2.29 bits per heavy atom. The van der Waals surface area contributed by atoms with E-state index in [0.717, 1.165) is 4.90 Å². The van der Waals surface area contributed by atoms with Crippen LogP contribution in [-0.2, 0) is 14.6 Å². The third-order valence-electron chi connectivity index (χ3n) is 3.29. The van der Waals surface area contributed by atoms with Crippen LogP contribution in [-0.4, -0.2) is 49.1 Å². The monoisotopic (exact) mass is 313 g/mol. The van der Waals surface area contributed by atoms with Crippen molar-refractivity contribution >= 4 is 21.7 Å². The van der Waals surface area contributed by atoms with Crippen LogP contribution in [0.5, 0.6) is 0 Å². The first-order valence-electron chi connectivity index (χ1n) is 6.58. The Bertz CT molecular complexity index is 639. The molecule has 0 bridgehead atoms. The van der Waals surface area contributed by atoms with Gasteiger partial charge in [0.05, 0.1) is 16.2 Å². The van der Waals surface area contributed by atoms with Crippen molar-refractivity contribution in [3.63, 3.8) is 0 Å². The minimum Gasteiger partial charge on any atom is -0.480 e. The van der Waals surface area contributed by atoms with Gasteiger partial charge in [0.1, 0.15) is 6.04 Å². The second-order valence-corrected chi connectivity index (χ2v) is 6.82. The molecule has 0 spiro atoms. The Hall–Kier alpha value is -1.89. The molecule has 0 heterocycles. The predicted octanol–water partition coefficient (Wildman–Crippen LogP) is 1.42. The van der Waals surface area contributed by atoms with Crippen LogP contribution < -0.4 is 0 Å². The maximum absolute atomic E-state index is 12.4. The van der Waals surface area contributed by atoms with Gasteiger partial charge >= 0.3 is 5.97 Å². The fourth-order valence-corrected chi connectivity index (χ4v) is 3.10. The highest BCUT2D eigenvalue weighted by Gasteiger charge is 2.29. The summed E-state index contributed by atoms with van der Waals surface area (Å²) in [6.07, 6.45) is 0.236. The number of sulfone groups is 1. The number of benzene rings is 1. The minimum atomic E-state index is -3.55. The number of rotatable bonds is 6. The molecule has 6 nitrogen and oxygen atoms in total. The second kappa shape index (κ2) is 6.71. The van der Waals surface area contributed by atoms with Gasteiger partial charge in [-0.3, -0.25) is 4.79 Å². The first kappa shape index (κ1) is 17.2. The van der Waals surface area contributed by atoms with E-state index in [1.807, 2.05) is 0 Å². The van der Waals surface area contributed by atoms with Gasteiger partial charge < -0.3 is 10.0 Å². The van der Waals surface area contributed by atoms with Gasteiger partial charge in [0.25, 0.3) is 5.91 Å². The van der Waals surface area contributed by atoms with Crippen LogP contribution in [0.15, 0.2) is 29.2 Å². The van der Waals surface area contributed by atoms with Gasteiger partial charge in [0, 0.05) is 7.05 Å². The van der Waals surface area contributed by atoms with Gasteiger partial charge in [-0.05, 0) is 18.6 Å². The number of carboxylic acid groups (broad SMARTS) is 1. The van der Waals surface area contributed by atoms with E-state index in [1.54, 1.807) is 13.0 Å². The van der Waals surface area contributed by atoms with Gasteiger partial charge in [0.15, 0.2) is 9.84 Å². The molecule has 1 unspecified atom stereocenters. The van der Waals surface area contributed by atoms with E-state index in [2.05, 4.69) is 0 Å². The van der Waals surface area contributed by atoms with Crippen molar-refractivity contribution in [3.8, 4) is 0 Å². The average molecular weight is 313 g/mol. The SMILES string of the molecule is CCC(C(=O)O)N(C)C(=O)c1ccccc1S(=O)(=O)CC. The summed E-state index contributed by atoms with van der Waals surface area (Å²) < 4.78 is 24.1. The van der Waals surface area contributed by atoms with Crippen LogP contribution in [0.25, 0.3) is 0 Å². The Morgan fingerprint density at radius 2 is 1.81 bits per heavy atom. The zero-order valence-electron chi connectivity index (χ0n) is 12.2. The van der Waals surface area contributed by atoms with E-state index in [4.69, 9.17) is 5.11 Å².